The topological polar surface area (TPSA) is 61.8 Å². The van der Waals surface area contributed by atoms with E-state index in [0.29, 0.717) is 19.4 Å². The van der Waals surface area contributed by atoms with Crippen molar-refractivity contribution in [2.75, 3.05) is 19.8 Å². The Morgan fingerprint density at radius 2 is 0.742 bits per heavy atom. The number of hydrogen-bond donors (Lipinski definition) is 0. The van der Waals surface area contributed by atoms with E-state index in [-0.39, 0.29) is 25.2 Å². The summed E-state index contributed by atoms with van der Waals surface area (Å²) < 4.78 is 17.4. The van der Waals surface area contributed by atoms with Crippen LogP contribution in [0.5, 0.6) is 0 Å². The van der Waals surface area contributed by atoms with Gasteiger partial charge in [-0.1, -0.05) is 202 Å². The van der Waals surface area contributed by atoms with E-state index >= 15 is 0 Å². The molecule has 0 spiro atoms. The van der Waals surface area contributed by atoms with Crippen LogP contribution in [0.2, 0.25) is 0 Å². The minimum absolute atomic E-state index is 0.0670. The first-order valence-electron chi connectivity index (χ1n) is 26.1. The van der Waals surface area contributed by atoms with Crippen LogP contribution in [0.1, 0.15) is 239 Å². The maximum atomic E-state index is 12.8. The predicted molar refractivity (Wildman–Crippen MR) is 270 cm³/mol. The minimum Gasteiger partial charge on any atom is -0.462 e. The van der Waals surface area contributed by atoms with E-state index in [4.69, 9.17) is 14.2 Å². The standard InChI is InChI=1S/C57H98O5/c1-4-7-10-13-16-19-22-24-26-27-28-29-30-32-34-37-40-43-46-49-52-60-53-55(62-57(59)51-48-45-42-39-35-21-18-15-12-9-6-3)54-61-56(58)50-47-44-41-38-36-33-31-25-23-20-17-14-11-8-5-2/h7,10,15-20,24-26,28-29,31,55H,4-6,8-9,11-14,21-23,27,30,32-54H2,1-3H3/b10-7-,18-15-,19-16-,20-17-,26-24-,29-28-,31-25-. The van der Waals surface area contributed by atoms with Gasteiger partial charge in [0.05, 0.1) is 6.61 Å². The molecule has 0 aromatic heterocycles. The molecule has 0 aliphatic heterocycles. The van der Waals surface area contributed by atoms with E-state index in [2.05, 4.69) is 106 Å². The molecular weight excluding hydrogens is 765 g/mol. The number of rotatable bonds is 47. The first kappa shape index (κ1) is 59.1. The van der Waals surface area contributed by atoms with Gasteiger partial charge in [0.2, 0.25) is 0 Å². The summed E-state index contributed by atoms with van der Waals surface area (Å²) in [5.41, 5.74) is 0. The van der Waals surface area contributed by atoms with Gasteiger partial charge in [-0.3, -0.25) is 9.59 Å². The number of hydrogen-bond acceptors (Lipinski definition) is 5. The molecule has 0 saturated heterocycles. The maximum Gasteiger partial charge on any atom is 0.306 e. The summed E-state index contributed by atoms with van der Waals surface area (Å²) in [5, 5.41) is 0. The van der Waals surface area contributed by atoms with E-state index < -0.39 is 6.10 Å². The van der Waals surface area contributed by atoms with E-state index in [9.17, 15) is 9.59 Å². The average Bonchev–Trinajstić information content (AvgIpc) is 3.27. The van der Waals surface area contributed by atoms with Crippen molar-refractivity contribution in [3.8, 4) is 0 Å². The summed E-state index contributed by atoms with van der Waals surface area (Å²) in [5.74, 6) is -0.431. The zero-order valence-electron chi connectivity index (χ0n) is 40.9. The van der Waals surface area contributed by atoms with Gasteiger partial charge in [0.25, 0.3) is 0 Å². The number of unbranched alkanes of at least 4 members (excludes halogenated alkanes) is 22. The Hall–Kier alpha value is -2.92. The molecule has 356 valence electrons. The Bertz CT molecular complexity index is 1160. The van der Waals surface area contributed by atoms with Crippen LogP contribution in [-0.4, -0.2) is 37.9 Å². The molecule has 0 bridgehead atoms. The Balaban J connectivity index is 4.28. The predicted octanol–water partition coefficient (Wildman–Crippen LogP) is 17.7. The summed E-state index contributed by atoms with van der Waals surface area (Å²) >= 11 is 0. The highest BCUT2D eigenvalue weighted by Crippen LogP contribution is 2.13. The molecule has 1 atom stereocenters. The highest BCUT2D eigenvalue weighted by atomic mass is 16.6. The van der Waals surface area contributed by atoms with Crippen molar-refractivity contribution in [3.63, 3.8) is 0 Å². The fourth-order valence-corrected chi connectivity index (χ4v) is 6.98. The second kappa shape index (κ2) is 52.4. The van der Waals surface area contributed by atoms with Crippen LogP contribution in [0.3, 0.4) is 0 Å². The van der Waals surface area contributed by atoms with Gasteiger partial charge in [-0.25, -0.2) is 0 Å². The van der Waals surface area contributed by atoms with Crippen LogP contribution >= 0.6 is 0 Å². The first-order valence-corrected chi connectivity index (χ1v) is 26.1. The van der Waals surface area contributed by atoms with Crippen molar-refractivity contribution in [2.24, 2.45) is 0 Å². The Morgan fingerprint density at radius 1 is 0.371 bits per heavy atom. The summed E-state index contributed by atoms with van der Waals surface area (Å²) in [6, 6.07) is 0. The molecule has 0 amide bonds. The van der Waals surface area contributed by atoms with Crippen molar-refractivity contribution in [1.29, 1.82) is 0 Å². The van der Waals surface area contributed by atoms with E-state index in [1.54, 1.807) is 0 Å². The molecule has 0 aromatic carbocycles. The van der Waals surface area contributed by atoms with Crippen molar-refractivity contribution in [2.45, 2.75) is 245 Å². The third kappa shape index (κ3) is 49.7. The van der Waals surface area contributed by atoms with Crippen LogP contribution in [0.15, 0.2) is 85.1 Å². The Labute approximate surface area is 384 Å². The molecule has 0 fully saturated rings. The number of esters is 2. The molecular formula is C57H98O5. The highest BCUT2D eigenvalue weighted by molar-refractivity contribution is 5.70. The van der Waals surface area contributed by atoms with Gasteiger partial charge in [0.15, 0.2) is 6.10 Å². The second-order valence-corrected chi connectivity index (χ2v) is 17.0. The largest absolute Gasteiger partial charge is 0.462 e. The summed E-state index contributed by atoms with van der Waals surface area (Å²) in [7, 11) is 0. The lowest BCUT2D eigenvalue weighted by atomic mass is 10.1. The minimum atomic E-state index is -0.555. The van der Waals surface area contributed by atoms with Crippen LogP contribution in [0.25, 0.3) is 0 Å². The fourth-order valence-electron chi connectivity index (χ4n) is 6.98. The van der Waals surface area contributed by atoms with Gasteiger partial charge >= 0.3 is 11.9 Å². The zero-order chi connectivity index (χ0) is 44.9. The van der Waals surface area contributed by atoms with Crippen molar-refractivity contribution in [3.05, 3.63) is 85.1 Å². The molecule has 0 rings (SSSR count). The van der Waals surface area contributed by atoms with Crippen LogP contribution in [-0.2, 0) is 23.8 Å². The summed E-state index contributed by atoms with van der Waals surface area (Å²) in [6.45, 7) is 7.61. The highest BCUT2D eigenvalue weighted by Gasteiger charge is 2.17. The molecule has 0 aliphatic rings. The molecule has 0 aromatic rings. The molecule has 1 unspecified atom stereocenters. The van der Waals surface area contributed by atoms with Crippen LogP contribution in [0.4, 0.5) is 0 Å². The molecule has 0 N–H and O–H groups in total. The second-order valence-electron chi connectivity index (χ2n) is 17.0. The van der Waals surface area contributed by atoms with Gasteiger partial charge in [-0.05, 0) is 109 Å². The van der Waals surface area contributed by atoms with E-state index in [1.165, 1.54) is 109 Å². The molecule has 0 radical (unpaired) electrons. The fraction of sp³-hybridized carbons (Fsp3) is 0.719. The first-order chi connectivity index (χ1) is 30.6. The SMILES string of the molecule is CC/C=C\C/C=C\C/C=C\C/C=C\CCCCCCCCCOCC(COC(=O)CCCCCCC/C=C\C/C=C\CCCCC)OC(=O)CCCCCCC/C=C\CCCC. The van der Waals surface area contributed by atoms with Gasteiger partial charge < -0.3 is 14.2 Å². The number of ether oxygens (including phenoxy) is 3. The third-order valence-corrected chi connectivity index (χ3v) is 10.9. The monoisotopic (exact) mass is 863 g/mol. The summed E-state index contributed by atoms with van der Waals surface area (Å²) in [4.78, 5) is 25.4. The Morgan fingerprint density at radius 3 is 1.23 bits per heavy atom. The molecule has 0 heterocycles. The van der Waals surface area contributed by atoms with E-state index in [1.807, 2.05) is 0 Å². The lowest BCUT2D eigenvalue weighted by Crippen LogP contribution is -2.30. The smallest absolute Gasteiger partial charge is 0.306 e. The molecule has 0 aliphatic carbocycles. The van der Waals surface area contributed by atoms with Gasteiger partial charge in [0, 0.05) is 19.4 Å². The van der Waals surface area contributed by atoms with Crippen molar-refractivity contribution < 1.29 is 23.8 Å². The normalized spacial score (nSPS) is 12.9. The van der Waals surface area contributed by atoms with Crippen LogP contribution in [0, 0.1) is 0 Å². The lowest BCUT2D eigenvalue weighted by Gasteiger charge is -2.18. The van der Waals surface area contributed by atoms with Crippen LogP contribution < -0.4 is 0 Å². The number of allylic oxidation sites excluding steroid dienone is 14. The number of carbonyl (C=O) groups excluding carboxylic acids is 2. The Kier molecular flexibility index (Phi) is 50.0. The number of carbonyl (C=O) groups is 2. The lowest BCUT2D eigenvalue weighted by molar-refractivity contribution is -0.163. The molecule has 5 heteroatoms. The maximum absolute atomic E-state index is 12.8. The van der Waals surface area contributed by atoms with Gasteiger partial charge in [0.1, 0.15) is 6.61 Å². The molecule has 5 nitrogen and oxygen atoms in total. The third-order valence-electron chi connectivity index (χ3n) is 10.9. The van der Waals surface area contributed by atoms with E-state index in [0.717, 1.165) is 96.3 Å². The summed E-state index contributed by atoms with van der Waals surface area (Å²) in [6.07, 6.45) is 68.8. The average molecular weight is 863 g/mol. The van der Waals surface area contributed by atoms with Gasteiger partial charge in [-0.15, -0.1) is 0 Å². The molecule has 62 heavy (non-hydrogen) atoms. The van der Waals surface area contributed by atoms with Gasteiger partial charge in [-0.2, -0.15) is 0 Å². The van der Waals surface area contributed by atoms with Crippen molar-refractivity contribution >= 4 is 11.9 Å². The molecule has 0 saturated carbocycles. The quantitative estimate of drug-likeness (QED) is 0.0346. The van der Waals surface area contributed by atoms with Crippen molar-refractivity contribution in [1.82, 2.24) is 0 Å². The zero-order valence-corrected chi connectivity index (χ0v) is 40.9.